The van der Waals surface area contributed by atoms with Crippen molar-refractivity contribution >= 4 is 35.1 Å². The predicted molar refractivity (Wildman–Crippen MR) is 94.6 cm³/mol. The molecule has 1 N–H and O–H groups in total. The van der Waals surface area contributed by atoms with Crippen LogP contribution in [0.4, 0.5) is 0 Å². The first-order valence-electron chi connectivity index (χ1n) is 7.69. The fourth-order valence-electron chi connectivity index (χ4n) is 2.30. The lowest BCUT2D eigenvalue weighted by molar-refractivity contribution is -0.138. The third-order valence-corrected chi connectivity index (χ3v) is 4.13. The molecule has 0 bridgehead atoms. The molecule has 0 aliphatic heterocycles. The summed E-state index contributed by atoms with van der Waals surface area (Å²) in [4.78, 5) is 29.1. The Balaban J connectivity index is 2.50. The molecule has 0 saturated carbocycles. The van der Waals surface area contributed by atoms with Gasteiger partial charge in [0.05, 0.1) is 10.0 Å². The highest BCUT2D eigenvalue weighted by Crippen LogP contribution is 2.28. The number of aliphatic carboxylic acids is 1. The van der Waals surface area contributed by atoms with Crippen LogP contribution in [-0.2, 0) is 11.2 Å². The second-order valence-corrected chi connectivity index (χ2v) is 6.42. The van der Waals surface area contributed by atoms with E-state index in [0.717, 1.165) is 0 Å². The summed E-state index contributed by atoms with van der Waals surface area (Å²) < 4.78 is 1.43. The number of benzene rings is 1. The van der Waals surface area contributed by atoms with Gasteiger partial charge in [0.1, 0.15) is 18.1 Å². The Hall–Kier alpha value is -2.12. The van der Waals surface area contributed by atoms with Crippen molar-refractivity contribution in [1.82, 2.24) is 19.7 Å². The van der Waals surface area contributed by atoms with E-state index >= 15 is 0 Å². The van der Waals surface area contributed by atoms with Crippen molar-refractivity contribution in [2.75, 3.05) is 6.54 Å². The van der Waals surface area contributed by atoms with E-state index in [9.17, 15) is 9.59 Å². The van der Waals surface area contributed by atoms with Crippen molar-refractivity contribution in [1.29, 1.82) is 0 Å². The largest absolute Gasteiger partial charge is 0.480 e. The zero-order chi connectivity index (χ0) is 18.7. The molecule has 0 radical (unpaired) electrons. The topological polar surface area (TPSA) is 88.3 Å². The van der Waals surface area contributed by atoms with E-state index in [1.807, 2.05) is 6.92 Å². The van der Waals surface area contributed by atoms with Gasteiger partial charge >= 0.3 is 5.97 Å². The summed E-state index contributed by atoms with van der Waals surface area (Å²) in [6.45, 7) is 4.88. The molecule has 1 aromatic carbocycles. The molecular formula is C16H18Cl2N4O3. The zero-order valence-electron chi connectivity index (χ0n) is 14.0. The van der Waals surface area contributed by atoms with Gasteiger partial charge in [-0.25, -0.2) is 9.67 Å². The zero-order valence-corrected chi connectivity index (χ0v) is 15.5. The number of hydrogen-bond donors (Lipinski definition) is 1. The Morgan fingerprint density at radius 3 is 2.36 bits per heavy atom. The molecule has 1 amide bonds. The Bertz CT molecular complexity index is 784. The maximum absolute atomic E-state index is 12.7. The molecular weight excluding hydrogens is 367 g/mol. The van der Waals surface area contributed by atoms with Crippen LogP contribution in [-0.4, -0.2) is 49.2 Å². The number of para-hydroxylation sites is 1. The molecule has 1 heterocycles. The second kappa shape index (κ2) is 7.84. The second-order valence-electron chi connectivity index (χ2n) is 5.61. The Morgan fingerprint density at radius 2 is 1.88 bits per heavy atom. The molecule has 0 unspecified atom stereocenters. The lowest BCUT2D eigenvalue weighted by Gasteiger charge is -2.23. The first kappa shape index (κ1) is 19.2. The van der Waals surface area contributed by atoms with Gasteiger partial charge in [0, 0.05) is 12.5 Å². The minimum absolute atomic E-state index is 0.0946. The quantitative estimate of drug-likeness (QED) is 0.826. The molecule has 2 rings (SSSR count). The number of carbonyl (C=O) groups excluding carboxylic acids is 1. The highest BCUT2D eigenvalue weighted by atomic mass is 35.5. The molecule has 0 aliphatic rings. The van der Waals surface area contributed by atoms with E-state index in [2.05, 4.69) is 10.1 Å². The van der Waals surface area contributed by atoms with Gasteiger partial charge in [-0.3, -0.25) is 9.59 Å². The third-order valence-electron chi connectivity index (χ3n) is 3.52. The summed E-state index contributed by atoms with van der Waals surface area (Å²) in [6, 6.07) is 4.72. The Kier molecular flexibility index (Phi) is 6.02. The first-order valence-corrected chi connectivity index (χ1v) is 8.44. The summed E-state index contributed by atoms with van der Waals surface area (Å²) in [7, 11) is 0. The minimum Gasteiger partial charge on any atom is -0.480 e. The minimum atomic E-state index is -1.11. The number of halogens is 2. The van der Waals surface area contributed by atoms with Gasteiger partial charge in [-0.1, -0.05) is 36.2 Å². The molecule has 25 heavy (non-hydrogen) atoms. The number of hydrogen-bond acceptors (Lipinski definition) is 4. The highest BCUT2D eigenvalue weighted by Gasteiger charge is 2.26. The van der Waals surface area contributed by atoms with Crippen LogP contribution in [0.25, 0.3) is 5.69 Å². The lowest BCUT2D eigenvalue weighted by Crippen LogP contribution is -2.41. The van der Waals surface area contributed by atoms with Crippen LogP contribution < -0.4 is 0 Å². The van der Waals surface area contributed by atoms with Gasteiger partial charge in [-0.05, 0) is 26.0 Å². The van der Waals surface area contributed by atoms with E-state index in [-0.39, 0.29) is 11.9 Å². The van der Waals surface area contributed by atoms with Crippen molar-refractivity contribution in [3.05, 3.63) is 39.9 Å². The average Bonchev–Trinajstić information content (AvgIpc) is 2.95. The van der Waals surface area contributed by atoms with Crippen LogP contribution in [0.1, 0.15) is 37.2 Å². The van der Waals surface area contributed by atoms with E-state index in [1.54, 1.807) is 32.0 Å². The van der Waals surface area contributed by atoms with Crippen molar-refractivity contribution in [3.63, 3.8) is 0 Å². The lowest BCUT2D eigenvalue weighted by atomic mass is 10.3. The number of carboxylic acid groups (broad SMARTS) is 1. The van der Waals surface area contributed by atoms with Crippen LogP contribution >= 0.6 is 23.2 Å². The molecule has 1 aromatic heterocycles. The summed E-state index contributed by atoms with van der Waals surface area (Å²) in [5, 5.41) is 14.0. The highest BCUT2D eigenvalue weighted by molar-refractivity contribution is 6.37. The van der Waals surface area contributed by atoms with Crippen LogP contribution in [0.2, 0.25) is 10.0 Å². The summed E-state index contributed by atoms with van der Waals surface area (Å²) in [6.07, 6.45) is 0.489. The SMILES string of the molecule is CCc1nc(C(=O)N(CC(=O)O)C(C)C)nn1-c1c(Cl)cccc1Cl. The van der Waals surface area contributed by atoms with Crippen molar-refractivity contribution in [2.24, 2.45) is 0 Å². The van der Waals surface area contributed by atoms with Crippen LogP contribution in [0.15, 0.2) is 18.2 Å². The molecule has 9 heteroatoms. The maximum atomic E-state index is 12.7. The van der Waals surface area contributed by atoms with Gasteiger partial charge < -0.3 is 10.0 Å². The van der Waals surface area contributed by atoms with Crippen LogP contribution in [0, 0.1) is 0 Å². The third kappa shape index (κ3) is 4.11. The number of amides is 1. The molecule has 2 aromatic rings. The van der Waals surface area contributed by atoms with Gasteiger partial charge in [0.15, 0.2) is 0 Å². The Labute approximate surface area is 155 Å². The molecule has 7 nitrogen and oxygen atoms in total. The predicted octanol–water partition coefficient (Wildman–Crippen LogP) is 3.07. The van der Waals surface area contributed by atoms with Crippen molar-refractivity contribution in [2.45, 2.75) is 33.2 Å². The van der Waals surface area contributed by atoms with Gasteiger partial charge in [-0.2, -0.15) is 0 Å². The number of rotatable bonds is 6. The number of aromatic nitrogens is 3. The Morgan fingerprint density at radius 1 is 1.28 bits per heavy atom. The maximum Gasteiger partial charge on any atom is 0.323 e. The molecule has 0 atom stereocenters. The van der Waals surface area contributed by atoms with Gasteiger partial charge in [0.25, 0.3) is 5.91 Å². The van der Waals surface area contributed by atoms with Gasteiger partial charge in [-0.15, -0.1) is 5.10 Å². The van der Waals surface area contributed by atoms with Crippen molar-refractivity contribution in [3.8, 4) is 5.69 Å². The molecule has 0 fully saturated rings. The standard InChI is InChI=1S/C16H18Cl2N4O3/c1-4-12-19-15(16(25)21(9(2)3)8-13(23)24)20-22(12)14-10(17)6-5-7-11(14)18/h5-7,9H,4,8H2,1-3H3,(H,23,24). The molecule has 0 saturated heterocycles. The summed E-state index contributed by atoms with van der Waals surface area (Å²) >= 11 is 12.4. The van der Waals surface area contributed by atoms with Crippen LogP contribution in [0.5, 0.6) is 0 Å². The normalized spacial score (nSPS) is 11.0. The molecule has 134 valence electrons. The average molecular weight is 385 g/mol. The number of nitrogens with zero attached hydrogens (tertiary/aromatic N) is 4. The molecule has 0 spiro atoms. The summed E-state index contributed by atoms with van der Waals surface area (Å²) in [5.41, 5.74) is 0.434. The van der Waals surface area contributed by atoms with Crippen LogP contribution in [0.3, 0.4) is 0 Å². The number of carbonyl (C=O) groups is 2. The molecule has 0 aliphatic carbocycles. The smallest absolute Gasteiger partial charge is 0.323 e. The van der Waals surface area contributed by atoms with E-state index in [1.165, 1.54) is 9.58 Å². The van der Waals surface area contributed by atoms with E-state index in [4.69, 9.17) is 28.3 Å². The van der Waals surface area contributed by atoms with Crippen molar-refractivity contribution < 1.29 is 14.7 Å². The number of carboxylic acids is 1. The monoisotopic (exact) mass is 384 g/mol. The fraction of sp³-hybridized carbons (Fsp3) is 0.375. The van der Waals surface area contributed by atoms with E-state index in [0.29, 0.717) is 28.0 Å². The summed E-state index contributed by atoms with van der Waals surface area (Å²) in [5.74, 6) is -1.26. The first-order chi connectivity index (χ1) is 11.8. The van der Waals surface area contributed by atoms with Gasteiger partial charge in [0.2, 0.25) is 5.82 Å². The number of aryl methyl sites for hydroxylation is 1. The van der Waals surface area contributed by atoms with E-state index < -0.39 is 18.4 Å². The fourth-order valence-corrected chi connectivity index (χ4v) is 2.85.